The molecule has 3 nitrogen and oxygen atoms in total. The van der Waals surface area contributed by atoms with Crippen LogP contribution >= 0.6 is 0 Å². The third-order valence-corrected chi connectivity index (χ3v) is 4.19. The zero-order chi connectivity index (χ0) is 18.4. The van der Waals surface area contributed by atoms with Crippen LogP contribution in [0.3, 0.4) is 0 Å². The maximum atomic E-state index is 12.9. The van der Waals surface area contributed by atoms with Gasteiger partial charge in [-0.25, -0.2) is 4.39 Å². The van der Waals surface area contributed by atoms with Gasteiger partial charge < -0.3 is 10.6 Å². The van der Waals surface area contributed by atoms with E-state index in [1.165, 1.54) is 23.3 Å². The molecule has 2 N–H and O–H groups in total. The first-order valence-corrected chi connectivity index (χ1v) is 8.53. The molecule has 0 radical (unpaired) electrons. The van der Waals surface area contributed by atoms with Crippen molar-refractivity contribution in [1.29, 1.82) is 0 Å². The molecule has 0 atom stereocenters. The second-order valence-electron chi connectivity index (χ2n) is 6.21. The van der Waals surface area contributed by atoms with Crippen LogP contribution in [0.25, 0.3) is 0 Å². The van der Waals surface area contributed by atoms with Crippen LogP contribution < -0.4 is 10.6 Å². The predicted molar refractivity (Wildman–Crippen MR) is 104 cm³/mol. The van der Waals surface area contributed by atoms with E-state index in [0.717, 1.165) is 23.5 Å². The summed E-state index contributed by atoms with van der Waals surface area (Å²) in [4.78, 5) is 12.1. The molecule has 0 bridgehead atoms. The molecule has 0 heterocycles. The van der Waals surface area contributed by atoms with Crippen molar-refractivity contribution in [2.45, 2.75) is 19.9 Å². The van der Waals surface area contributed by atoms with Crippen LogP contribution in [0.4, 0.5) is 15.8 Å². The largest absolute Gasteiger partial charge is 0.381 e. The van der Waals surface area contributed by atoms with E-state index in [4.69, 9.17) is 0 Å². The molecule has 0 saturated heterocycles. The van der Waals surface area contributed by atoms with Crippen LogP contribution in [0.2, 0.25) is 0 Å². The Bertz CT molecular complexity index is 873. The maximum absolute atomic E-state index is 12.9. The molecule has 0 aliphatic heterocycles. The van der Waals surface area contributed by atoms with Gasteiger partial charge in [0.05, 0.1) is 6.42 Å². The molecule has 3 rings (SSSR count). The van der Waals surface area contributed by atoms with Crippen LogP contribution in [0.5, 0.6) is 0 Å². The lowest BCUT2D eigenvalue weighted by Crippen LogP contribution is -2.14. The van der Waals surface area contributed by atoms with E-state index in [1.807, 2.05) is 36.4 Å². The normalized spacial score (nSPS) is 10.4. The molecule has 0 fully saturated rings. The van der Waals surface area contributed by atoms with Gasteiger partial charge in [-0.3, -0.25) is 4.79 Å². The molecule has 0 saturated carbocycles. The van der Waals surface area contributed by atoms with Crippen LogP contribution in [0.15, 0.2) is 72.8 Å². The van der Waals surface area contributed by atoms with Gasteiger partial charge in [-0.1, -0.05) is 36.4 Å². The fraction of sp³-hybridized carbons (Fsp3) is 0.136. The van der Waals surface area contributed by atoms with E-state index >= 15 is 0 Å². The lowest BCUT2D eigenvalue weighted by molar-refractivity contribution is -0.115. The van der Waals surface area contributed by atoms with Gasteiger partial charge in [0, 0.05) is 17.9 Å². The first kappa shape index (κ1) is 17.7. The Labute approximate surface area is 152 Å². The highest BCUT2D eigenvalue weighted by Crippen LogP contribution is 2.16. The monoisotopic (exact) mass is 348 g/mol. The molecule has 0 unspecified atom stereocenters. The molecule has 0 aliphatic carbocycles. The molecular weight excluding hydrogens is 327 g/mol. The first-order chi connectivity index (χ1) is 12.6. The summed E-state index contributed by atoms with van der Waals surface area (Å²) in [7, 11) is 0. The highest BCUT2D eigenvalue weighted by atomic mass is 19.1. The van der Waals surface area contributed by atoms with Gasteiger partial charge in [-0.05, 0) is 60.0 Å². The minimum atomic E-state index is -0.303. The number of hydrogen-bond acceptors (Lipinski definition) is 2. The molecule has 132 valence electrons. The SMILES string of the molecule is Cc1ccccc1CNc1ccc(NC(=O)Cc2ccc(F)cc2)cc1. The van der Waals surface area contributed by atoms with Crippen LogP contribution in [-0.2, 0) is 17.8 Å². The van der Waals surface area contributed by atoms with E-state index in [2.05, 4.69) is 29.7 Å². The Morgan fingerprint density at radius 2 is 1.54 bits per heavy atom. The summed E-state index contributed by atoms with van der Waals surface area (Å²) in [6, 6.07) is 21.8. The quantitative estimate of drug-likeness (QED) is 0.663. The summed E-state index contributed by atoms with van der Waals surface area (Å²) < 4.78 is 12.9. The summed E-state index contributed by atoms with van der Waals surface area (Å²) in [5.74, 6) is -0.430. The Hall–Kier alpha value is -3.14. The summed E-state index contributed by atoms with van der Waals surface area (Å²) in [6.45, 7) is 2.85. The van der Waals surface area contributed by atoms with Crippen molar-refractivity contribution >= 4 is 17.3 Å². The highest BCUT2D eigenvalue weighted by molar-refractivity contribution is 5.92. The minimum absolute atomic E-state index is 0.128. The molecule has 0 spiro atoms. The predicted octanol–water partition coefficient (Wildman–Crippen LogP) is 4.93. The molecule has 4 heteroatoms. The number of halogens is 1. The van der Waals surface area contributed by atoms with Gasteiger partial charge in [0.15, 0.2) is 0 Å². The summed E-state index contributed by atoms with van der Waals surface area (Å²) in [6.07, 6.45) is 0.216. The zero-order valence-corrected chi connectivity index (χ0v) is 14.6. The summed E-state index contributed by atoms with van der Waals surface area (Å²) in [5.41, 5.74) is 5.01. The van der Waals surface area contributed by atoms with Crippen molar-refractivity contribution in [3.8, 4) is 0 Å². The van der Waals surface area contributed by atoms with Gasteiger partial charge >= 0.3 is 0 Å². The Kier molecular flexibility index (Phi) is 5.64. The van der Waals surface area contributed by atoms with Gasteiger partial charge in [0.1, 0.15) is 5.82 Å². The minimum Gasteiger partial charge on any atom is -0.381 e. The third kappa shape index (κ3) is 4.93. The molecule has 0 aromatic heterocycles. The lowest BCUT2D eigenvalue weighted by Gasteiger charge is -2.10. The Balaban J connectivity index is 1.53. The van der Waals surface area contributed by atoms with Crippen molar-refractivity contribution in [3.05, 3.63) is 95.3 Å². The highest BCUT2D eigenvalue weighted by Gasteiger charge is 2.05. The summed E-state index contributed by atoms with van der Waals surface area (Å²) >= 11 is 0. The van der Waals surface area contributed by atoms with E-state index in [0.29, 0.717) is 0 Å². The van der Waals surface area contributed by atoms with Crippen molar-refractivity contribution in [2.75, 3.05) is 10.6 Å². The molecule has 3 aromatic carbocycles. The number of benzene rings is 3. The standard InChI is InChI=1S/C22H21FN2O/c1-16-4-2-3-5-18(16)15-24-20-10-12-21(13-11-20)25-22(26)14-17-6-8-19(23)9-7-17/h2-13,24H,14-15H2,1H3,(H,25,26). The molecular formula is C22H21FN2O. The number of anilines is 2. The number of rotatable bonds is 6. The van der Waals surface area contributed by atoms with Crippen molar-refractivity contribution in [2.24, 2.45) is 0 Å². The number of hydrogen-bond donors (Lipinski definition) is 2. The van der Waals surface area contributed by atoms with Gasteiger partial charge in [0.25, 0.3) is 0 Å². The van der Waals surface area contributed by atoms with E-state index in [1.54, 1.807) is 12.1 Å². The Morgan fingerprint density at radius 1 is 0.885 bits per heavy atom. The van der Waals surface area contributed by atoms with Crippen molar-refractivity contribution in [3.63, 3.8) is 0 Å². The van der Waals surface area contributed by atoms with Gasteiger partial charge in [-0.15, -0.1) is 0 Å². The second kappa shape index (κ2) is 8.30. The number of aryl methyl sites for hydroxylation is 1. The van der Waals surface area contributed by atoms with Crippen LogP contribution in [-0.4, -0.2) is 5.91 Å². The molecule has 1 amide bonds. The number of carbonyl (C=O) groups excluding carboxylic acids is 1. The van der Waals surface area contributed by atoms with Crippen molar-refractivity contribution < 1.29 is 9.18 Å². The zero-order valence-electron chi connectivity index (χ0n) is 14.6. The summed E-state index contributed by atoms with van der Waals surface area (Å²) in [5, 5.41) is 6.23. The average Bonchev–Trinajstić information content (AvgIpc) is 2.64. The molecule has 3 aromatic rings. The van der Waals surface area contributed by atoms with E-state index in [9.17, 15) is 9.18 Å². The van der Waals surface area contributed by atoms with E-state index in [-0.39, 0.29) is 18.1 Å². The number of carbonyl (C=O) groups is 1. The lowest BCUT2D eigenvalue weighted by atomic mass is 10.1. The molecule has 0 aliphatic rings. The number of nitrogens with one attached hydrogen (secondary N) is 2. The van der Waals surface area contributed by atoms with Crippen LogP contribution in [0, 0.1) is 12.7 Å². The second-order valence-corrected chi connectivity index (χ2v) is 6.21. The smallest absolute Gasteiger partial charge is 0.228 e. The Morgan fingerprint density at radius 3 is 2.23 bits per heavy atom. The number of amides is 1. The maximum Gasteiger partial charge on any atom is 0.228 e. The average molecular weight is 348 g/mol. The fourth-order valence-corrected chi connectivity index (χ4v) is 2.67. The molecule has 26 heavy (non-hydrogen) atoms. The third-order valence-electron chi connectivity index (χ3n) is 4.19. The van der Waals surface area contributed by atoms with E-state index < -0.39 is 0 Å². The fourth-order valence-electron chi connectivity index (χ4n) is 2.67. The van der Waals surface area contributed by atoms with Gasteiger partial charge in [0.2, 0.25) is 5.91 Å². The first-order valence-electron chi connectivity index (χ1n) is 8.53. The van der Waals surface area contributed by atoms with Gasteiger partial charge in [-0.2, -0.15) is 0 Å². The van der Waals surface area contributed by atoms with Crippen molar-refractivity contribution in [1.82, 2.24) is 0 Å². The van der Waals surface area contributed by atoms with Crippen LogP contribution in [0.1, 0.15) is 16.7 Å². The topological polar surface area (TPSA) is 41.1 Å².